The minimum atomic E-state index is 0.873. The van der Waals surface area contributed by atoms with Crippen molar-refractivity contribution in [3.05, 3.63) is 0 Å². The maximum absolute atomic E-state index is 8.01. The molecule has 0 aromatic heterocycles. The van der Waals surface area contributed by atoms with Crippen LogP contribution in [0.4, 0.5) is 0 Å². The van der Waals surface area contributed by atoms with Crippen LogP contribution in [0.15, 0.2) is 9.55 Å². The van der Waals surface area contributed by atoms with Crippen molar-refractivity contribution < 1.29 is 5.21 Å². The van der Waals surface area contributed by atoms with Gasteiger partial charge in [-0.25, -0.2) is 4.40 Å². The van der Waals surface area contributed by atoms with Gasteiger partial charge in [0, 0.05) is 12.2 Å². The van der Waals surface area contributed by atoms with Crippen molar-refractivity contribution in [2.75, 3.05) is 5.75 Å². The van der Waals surface area contributed by atoms with Crippen molar-refractivity contribution in [3.63, 3.8) is 0 Å². The van der Waals surface area contributed by atoms with Gasteiger partial charge in [0.25, 0.3) is 0 Å². The summed E-state index contributed by atoms with van der Waals surface area (Å²) in [6.07, 6.45) is 2.30. The van der Waals surface area contributed by atoms with Crippen molar-refractivity contribution in [3.8, 4) is 0 Å². The van der Waals surface area contributed by atoms with E-state index in [-0.39, 0.29) is 0 Å². The molecule has 0 fully saturated rings. The number of oxime groups is 1. The zero-order valence-electron chi connectivity index (χ0n) is 4.24. The second-order valence-corrected chi connectivity index (χ2v) is 2.26. The molecule has 0 unspecified atom stereocenters. The van der Waals surface area contributed by atoms with E-state index in [1.807, 2.05) is 0 Å². The minimum Gasteiger partial charge on any atom is -0.411 e. The lowest BCUT2D eigenvalue weighted by molar-refractivity contribution is 0.322. The maximum atomic E-state index is 8.01. The summed E-state index contributed by atoms with van der Waals surface area (Å²) >= 11 is 1.51. The maximum Gasteiger partial charge on any atom is 0.0883 e. The van der Waals surface area contributed by atoms with Crippen LogP contribution in [0, 0.1) is 0 Å². The van der Waals surface area contributed by atoms with Gasteiger partial charge >= 0.3 is 0 Å². The molecule has 0 radical (unpaired) electrons. The third-order valence-corrected chi connectivity index (χ3v) is 1.59. The molecule has 0 bridgehead atoms. The quantitative estimate of drug-likeness (QED) is 0.248. The molecule has 1 heterocycles. The molecule has 4 heteroatoms. The molecular weight excluding hydrogens is 124 g/mol. The lowest BCUT2D eigenvalue weighted by Gasteiger charge is -1.79. The van der Waals surface area contributed by atoms with Crippen LogP contribution in [0.1, 0.15) is 6.42 Å². The van der Waals surface area contributed by atoms with Gasteiger partial charge in [0.05, 0.1) is 11.9 Å². The van der Waals surface area contributed by atoms with E-state index in [1.54, 1.807) is 0 Å². The Morgan fingerprint density at radius 1 is 1.88 bits per heavy atom. The van der Waals surface area contributed by atoms with Crippen LogP contribution in [0.2, 0.25) is 0 Å². The topological polar surface area (TPSA) is 45.0 Å². The van der Waals surface area contributed by atoms with Gasteiger partial charge in [-0.1, -0.05) is 5.16 Å². The van der Waals surface area contributed by atoms with Crippen LogP contribution in [-0.2, 0) is 0 Å². The fourth-order valence-corrected chi connectivity index (χ4v) is 1.18. The number of hydrogen-bond acceptors (Lipinski definition) is 4. The standard InChI is InChI=1S/C4H6N2OS/c7-5-3-4-1-2-8-6-4/h3,7H,1-2H2. The zero-order valence-corrected chi connectivity index (χ0v) is 5.06. The predicted molar refractivity (Wildman–Crippen MR) is 34.8 cm³/mol. The minimum absolute atomic E-state index is 0.873. The predicted octanol–water partition coefficient (Wildman–Crippen LogP) is 0.939. The number of nitrogens with zero attached hydrogens (tertiary/aromatic N) is 2. The van der Waals surface area contributed by atoms with E-state index in [2.05, 4.69) is 9.55 Å². The van der Waals surface area contributed by atoms with Gasteiger partial charge in [-0.15, -0.1) is 0 Å². The fourth-order valence-electron chi connectivity index (χ4n) is 0.479. The van der Waals surface area contributed by atoms with E-state index in [9.17, 15) is 0 Å². The first-order valence-electron chi connectivity index (χ1n) is 2.30. The summed E-state index contributed by atoms with van der Waals surface area (Å²) in [5.74, 6) is 1.02. The van der Waals surface area contributed by atoms with Crippen LogP contribution < -0.4 is 0 Å². The molecule has 0 amide bonds. The van der Waals surface area contributed by atoms with E-state index in [0.717, 1.165) is 17.9 Å². The van der Waals surface area contributed by atoms with Crippen LogP contribution >= 0.6 is 11.9 Å². The molecule has 0 saturated heterocycles. The average Bonchev–Trinajstić information content (AvgIpc) is 2.19. The van der Waals surface area contributed by atoms with Gasteiger partial charge in [-0.3, -0.25) is 0 Å². The van der Waals surface area contributed by atoms with E-state index in [0.29, 0.717) is 0 Å². The SMILES string of the molecule is ON=CC1=NSCC1. The normalized spacial score (nSPS) is 19.8. The van der Waals surface area contributed by atoms with Crippen molar-refractivity contribution >= 4 is 23.9 Å². The summed E-state index contributed by atoms with van der Waals surface area (Å²) < 4.78 is 3.95. The Morgan fingerprint density at radius 3 is 3.25 bits per heavy atom. The highest BCUT2D eigenvalue weighted by Crippen LogP contribution is 2.12. The van der Waals surface area contributed by atoms with Crippen LogP contribution in [-0.4, -0.2) is 22.9 Å². The molecule has 3 nitrogen and oxygen atoms in total. The van der Waals surface area contributed by atoms with Gasteiger partial charge in [0.1, 0.15) is 0 Å². The average molecular weight is 130 g/mol. The van der Waals surface area contributed by atoms with Crippen molar-refractivity contribution in [2.24, 2.45) is 9.55 Å². The summed E-state index contributed by atoms with van der Waals surface area (Å²) in [6.45, 7) is 0. The second-order valence-electron chi connectivity index (χ2n) is 1.41. The molecule has 0 aromatic rings. The summed E-state index contributed by atoms with van der Waals surface area (Å²) in [7, 11) is 0. The molecule has 0 aromatic carbocycles. The molecule has 1 aliphatic heterocycles. The Labute approximate surface area is 51.6 Å². The fraction of sp³-hybridized carbons (Fsp3) is 0.500. The Morgan fingerprint density at radius 2 is 2.75 bits per heavy atom. The first kappa shape index (κ1) is 5.62. The van der Waals surface area contributed by atoms with E-state index >= 15 is 0 Å². The molecule has 0 aliphatic carbocycles. The largest absolute Gasteiger partial charge is 0.411 e. The second kappa shape index (κ2) is 2.71. The molecule has 1 aliphatic rings. The van der Waals surface area contributed by atoms with Gasteiger partial charge < -0.3 is 5.21 Å². The lowest BCUT2D eigenvalue weighted by atomic mass is 10.3. The first-order valence-corrected chi connectivity index (χ1v) is 3.24. The van der Waals surface area contributed by atoms with E-state index < -0.39 is 0 Å². The highest BCUT2D eigenvalue weighted by molar-refractivity contribution is 7.98. The smallest absolute Gasteiger partial charge is 0.0883 e. The van der Waals surface area contributed by atoms with Crippen LogP contribution in [0.5, 0.6) is 0 Å². The monoisotopic (exact) mass is 130 g/mol. The highest BCUT2D eigenvalue weighted by atomic mass is 32.2. The Kier molecular flexibility index (Phi) is 1.91. The molecule has 0 spiro atoms. The first-order chi connectivity index (χ1) is 3.93. The van der Waals surface area contributed by atoms with Crippen molar-refractivity contribution in [1.29, 1.82) is 0 Å². The van der Waals surface area contributed by atoms with Crippen molar-refractivity contribution in [2.45, 2.75) is 6.42 Å². The molecule has 0 saturated carbocycles. The Balaban J connectivity index is 2.45. The van der Waals surface area contributed by atoms with Crippen LogP contribution in [0.3, 0.4) is 0 Å². The zero-order chi connectivity index (χ0) is 5.82. The number of rotatable bonds is 1. The summed E-state index contributed by atoms with van der Waals surface area (Å²) in [4.78, 5) is 0. The molecule has 8 heavy (non-hydrogen) atoms. The number of hydrogen-bond donors (Lipinski definition) is 1. The highest BCUT2D eigenvalue weighted by Gasteiger charge is 2.02. The third kappa shape index (κ3) is 1.23. The third-order valence-electron chi connectivity index (χ3n) is 0.838. The van der Waals surface area contributed by atoms with Crippen LogP contribution in [0.25, 0.3) is 0 Å². The Bertz CT molecular complexity index is 132. The Hall–Kier alpha value is -0.510. The molecule has 44 valence electrons. The van der Waals surface area contributed by atoms with E-state index in [1.165, 1.54) is 18.2 Å². The molecular formula is C4H6N2OS. The van der Waals surface area contributed by atoms with Gasteiger partial charge in [-0.05, 0) is 11.9 Å². The van der Waals surface area contributed by atoms with Crippen molar-refractivity contribution in [1.82, 2.24) is 0 Å². The summed E-state index contributed by atoms with van der Waals surface area (Å²) in [6, 6.07) is 0. The molecule has 0 atom stereocenters. The molecule has 1 N–H and O–H groups in total. The molecule has 1 rings (SSSR count). The summed E-state index contributed by atoms with van der Waals surface area (Å²) in [5.41, 5.74) is 0.873. The lowest BCUT2D eigenvalue weighted by Crippen LogP contribution is -1.93. The summed E-state index contributed by atoms with van der Waals surface area (Å²) in [5, 5.41) is 10.9. The van der Waals surface area contributed by atoms with Gasteiger partial charge in [-0.2, -0.15) is 0 Å². The van der Waals surface area contributed by atoms with Gasteiger partial charge in [0.2, 0.25) is 0 Å². The van der Waals surface area contributed by atoms with E-state index in [4.69, 9.17) is 5.21 Å². The van der Waals surface area contributed by atoms with Gasteiger partial charge in [0.15, 0.2) is 0 Å².